The van der Waals surface area contributed by atoms with Gasteiger partial charge in [0.25, 0.3) is 17.4 Å². The van der Waals surface area contributed by atoms with E-state index in [4.69, 9.17) is 0 Å². The van der Waals surface area contributed by atoms with Crippen molar-refractivity contribution >= 4 is 17.7 Å². The summed E-state index contributed by atoms with van der Waals surface area (Å²) in [6.07, 6.45) is 0. The number of nitrogens with one attached hydrogen (secondary N) is 2. The fraction of sp³-hybridized carbons (Fsp3) is 0.462. The van der Waals surface area contributed by atoms with E-state index in [-0.39, 0.29) is 12.1 Å². The van der Waals surface area contributed by atoms with Gasteiger partial charge in [-0.25, -0.2) is 5.10 Å². The van der Waals surface area contributed by atoms with Gasteiger partial charge in [-0.2, -0.15) is 5.10 Å². The monoisotopic (exact) mass is 292 g/mol. The summed E-state index contributed by atoms with van der Waals surface area (Å²) in [6.45, 7) is 6.01. The standard InChI is InChI=1S/C13H16N4O4/c1-6-7(2)15-16-10(19)9(6)11(20)17-5-8(18)14-12(21)13(17,3)4/h5H2,1-4H3,(H,16,19)(H,14,18,21). The maximum Gasteiger partial charge on any atom is 0.277 e. The first kappa shape index (κ1) is 14.9. The second kappa shape index (κ2) is 4.80. The molecule has 0 saturated carbocycles. The Morgan fingerprint density at radius 1 is 1.24 bits per heavy atom. The maximum atomic E-state index is 12.6. The van der Waals surface area contributed by atoms with Gasteiger partial charge in [-0.15, -0.1) is 0 Å². The fourth-order valence-electron chi connectivity index (χ4n) is 2.13. The number of carbonyl (C=O) groups is 3. The Balaban J connectivity index is 2.54. The highest BCUT2D eigenvalue weighted by atomic mass is 16.2. The summed E-state index contributed by atoms with van der Waals surface area (Å²) < 4.78 is 0. The Bertz CT molecular complexity index is 705. The van der Waals surface area contributed by atoms with Crippen molar-refractivity contribution in [3.8, 4) is 0 Å². The van der Waals surface area contributed by atoms with Gasteiger partial charge >= 0.3 is 0 Å². The van der Waals surface area contributed by atoms with Crippen molar-refractivity contribution in [2.24, 2.45) is 0 Å². The molecule has 0 aromatic carbocycles. The van der Waals surface area contributed by atoms with Crippen LogP contribution in [0.25, 0.3) is 0 Å². The summed E-state index contributed by atoms with van der Waals surface area (Å²) in [6, 6.07) is 0. The van der Waals surface area contributed by atoms with Crippen LogP contribution < -0.4 is 10.9 Å². The molecule has 112 valence electrons. The lowest BCUT2D eigenvalue weighted by molar-refractivity contribution is -0.143. The summed E-state index contributed by atoms with van der Waals surface area (Å²) in [7, 11) is 0. The van der Waals surface area contributed by atoms with Crippen molar-refractivity contribution in [3.05, 3.63) is 27.2 Å². The second-order valence-electron chi connectivity index (χ2n) is 5.47. The fourth-order valence-corrected chi connectivity index (χ4v) is 2.13. The lowest BCUT2D eigenvalue weighted by Gasteiger charge is -2.40. The molecule has 1 saturated heterocycles. The van der Waals surface area contributed by atoms with Gasteiger partial charge in [0.1, 0.15) is 17.6 Å². The quantitative estimate of drug-likeness (QED) is 0.662. The van der Waals surface area contributed by atoms with Gasteiger partial charge in [0.2, 0.25) is 5.91 Å². The molecule has 1 aliphatic rings. The highest BCUT2D eigenvalue weighted by Crippen LogP contribution is 2.21. The second-order valence-corrected chi connectivity index (χ2v) is 5.47. The van der Waals surface area contributed by atoms with Gasteiger partial charge < -0.3 is 4.90 Å². The minimum atomic E-state index is -1.22. The highest BCUT2D eigenvalue weighted by Gasteiger charge is 2.44. The third-order valence-corrected chi connectivity index (χ3v) is 3.71. The molecule has 2 rings (SSSR count). The topological polar surface area (TPSA) is 112 Å². The molecule has 8 heteroatoms. The Morgan fingerprint density at radius 2 is 1.86 bits per heavy atom. The SMILES string of the molecule is Cc1n[nH]c(=O)c(C(=O)N2CC(=O)NC(=O)C2(C)C)c1C. The number of amides is 3. The molecule has 0 bridgehead atoms. The van der Waals surface area contributed by atoms with Crippen molar-refractivity contribution in [1.82, 2.24) is 20.4 Å². The molecular formula is C13H16N4O4. The molecule has 3 amide bonds. The van der Waals surface area contributed by atoms with E-state index in [1.54, 1.807) is 13.8 Å². The first-order valence-electron chi connectivity index (χ1n) is 6.38. The number of imide groups is 1. The number of hydrogen-bond acceptors (Lipinski definition) is 5. The van der Waals surface area contributed by atoms with Crippen molar-refractivity contribution in [3.63, 3.8) is 0 Å². The number of H-pyrrole nitrogens is 1. The molecule has 0 radical (unpaired) electrons. The smallest absolute Gasteiger partial charge is 0.277 e. The molecule has 8 nitrogen and oxygen atoms in total. The van der Waals surface area contributed by atoms with Crippen LogP contribution >= 0.6 is 0 Å². The van der Waals surface area contributed by atoms with Crippen LogP contribution in [0.1, 0.15) is 35.5 Å². The summed E-state index contributed by atoms with van der Waals surface area (Å²) in [5.41, 5.74) is -1.03. The van der Waals surface area contributed by atoms with Crippen LogP contribution in [0.4, 0.5) is 0 Å². The minimum absolute atomic E-state index is 0.0990. The van der Waals surface area contributed by atoms with Crippen LogP contribution in [0.2, 0.25) is 0 Å². The molecule has 0 aliphatic carbocycles. The first-order chi connectivity index (χ1) is 9.66. The first-order valence-corrected chi connectivity index (χ1v) is 6.38. The van der Waals surface area contributed by atoms with E-state index >= 15 is 0 Å². The largest absolute Gasteiger partial charge is 0.315 e. The number of hydrogen-bond donors (Lipinski definition) is 2. The van der Waals surface area contributed by atoms with Crippen molar-refractivity contribution < 1.29 is 14.4 Å². The third kappa shape index (κ3) is 2.32. The number of aryl methyl sites for hydroxylation is 1. The predicted octanol–water partition coefficient (Wildman–Crippen LogP) is -0.736. The lowest BCUT2D eigenvalue weighted by Crippen LogP contribution is -2.65. The predicted molar refractivity (Wildman–Crippen MR) is 72.6 cm³/mol. The zero-order chi connectivity index (χ0) is 15.9. The Morgan fingerprint density at radius 3 is 2.48 bits per heavy atom. The Labute approximate surface area is 120 Å². The van der Waals surface area contributed by atoms with Gasteiger partial charge in [-0.05, 0) is 33.3 Å². The molecule has 0 spiro atoms. The van der Waals surface area contributed by atoms with Crippen LogP contribution in [0.3, 0.4) is 0 Å². The van der Waals surface area contributed by atoms with Crippen LogP contribution in [-0.4, -0.2) is 44.9 Å². The number of aromatic amines is 1. The van der Waals surface area contributed by atoms with E-state index < -0.39 is 28.8 Å². The van der Waals surface area contributed by atoms with E-state index in [1.807, 2.05) is 0 Å². The van der Waals surface area contributed by atoms with Crippen molar-refractivity contribution in [1.29, 1.82) is 0 Å². The van der Waals surface area contributed by atoms with Crippen LogP contribution in [0.15, 0.2) is 4.79 Å². The van der Waals surface area contributed by atoms with E-state index in [1.165, 1.54) is 13.8 Å². The highest BCUT2D eigenvalue weighted by molar-refractivity contribution is 6.09. The normalized spacial score (nSPS) is 17.6. The summed E-state index contributed by atoms with van der Waals surface area (Å²) in [4.78, 5) is 49.1. The van der Waals surface area contributed by atoms with Gasteiger partial charge in [0.15, 0.2) is 0 Å². The zero-order valence-electron chi connectivity index (χ0n) is 12.2. The number of nitrogens with zero attached hydrogens (tertiary/aromatic N) is 2. The molecule has 1 aromatic rings. The van der Waals surface area contributed by atoms with Gasteiger partial charge in [0.05, 0.1) is 5.69 Å². The Kier molecular flexibility index (Phi) is 3.40. The van der Waals surface area contributed by atoms with Gasteiger partial charge in [0, 0.05) is 0 Å². The van der Waals surface area contributed by atoms with Crippen molar-refractivity contribution in [2.75, 3.05) is 6.54 Å². The average molecular weight is 292 g/mol. The Hall–Kier alpha value is -2.51. The number of rotatable bonds is 1. The molecule has 2 heterocycles. The molecule has 1 fully saturated rings. The number of carbonyl (C=O) groups excluding carboxylic acids is 3. The van der Waals surface area contributed by atoms with E-state index in [9.17, 15) is 19.2 Å². The van der Waals surface area contributed by atoms with E-state index in [0.717, 1.165) is 4.90 Å². The lowest BCUT2D eigenvalue weighted by atomic mass is 9.96. The van der Waals surface area contributed by atoms with Crippen LogP contribution in [-0.2, 0) is 9.59 Å². The molecule has 0 unspecified atom stereocenters. The summed E-state index contributed by atoms with van der Waals surface area (Å²) in [5, 5.41) is 8.19. The molecular weight excluding hydrogens is 276 g/mol. The zero-order valence-corrected chi connectivity index (χ0v) is 12.2. The van der Waals surface area contributed by atoms with Crippen LogP contribution in [0, 0.1) is 13.8 Å². The third-order valence-electron chi connectivity index (χ3n) is 3.71. The van der Waals surface area contributed by atoms with E-state index in [0.29, 0.717) is 11.3 Å². The maximum absolute atomic E-state index is 12.6. The van der Waals surface area contributed by atoms with Crippen LogP contribution in [0.5, 0.6) is 0 Å². The van der Waals surface area contributed by atoms with Gasteiger partial charge in [-0.1, -0.05) is 0 Å². The number of aromatic nitrogens is 2. The molecule has 0 atom stereocenters. The minimum Gasteiger partial charge on any atom is -0.315 e. The van der Waals surface area contributed by atoms with E-state index in [2.05, 4.69) is 15.5 Å². The summed E-state index contributed by atoms with van der Waals surface area (Å²) in [5.74, 6) is -1.81. The molecule has 1 aromatic heterocycles. The molecule has 2 N–H and O–H groups in total. The molecule has 21 heavy (non-hydrogen) atoms. The average Bonchev–Trinajstić information content (AvgIpc) is 2.39. The summed E-state index contributed by atoms with van der Waals surface area (Å²) >= 11 is 0. The molecule has 1 aliphatic heterocycles. The van der Waals surface area contributed by atoms with Crippen molar-refractivity contribution in [2.45, 2.75) is 33.2 Å². The van der Waals surface area contributed by atoms with Gasteiger partial charge in [-0.3, -0.25) is 24.5 Å². The number of piperazine rings is 1.